The fourth-order valence-corrected chi connectivity index (χ4v) is 7.19. The molecule has 0 aliphatic heterocycles. The molecule has 0 unspecified atom stereocenters. The summed E-state index contributed by atoms with van der Waals surface area (Å²) < 4.78 is 12.8. The van der Waals surface area contributed by atoms with Gasteiger partial charge < -0.3 is 13.7 Å². The highest BCUT2D eigenvalue weighted by molar-refractivity contribution is 6.18. The zero-order chi connectivity index (χ0) is 32.3. The standard InChI is InChI=1S/C45H28N2O2/c1-3-12-29(13-4-1)31-17-11-18-33(26-31)47(39-27-32-16-7-8-19-35(32)36-20-9-10-21-37(36)39)34-22-23-38-42(28-34)48-40-24-25-41-44(43(38)40)46-45(49-41)30-14-5-2-6-15-30/h1-28H. The lowest BCUT2D eigenvalue weighted by Gasteiger charge is -2.28. The highest BCUT2D eigenvalue weighted by Crippen LogP contribution is 2.45. The van der Waals surface area contributed by atoms with Crippen LogP contribution in [0.5, 0.6) is 0 Å². The summed E-state index contributed by atoms with van der Waals surface area (Å²) in [4.78, 5) is 7.30. The smallest absolute Gasteiger partial charge is 0.227 e. The molecule has 0 saturated carbocycles. The molecule has 0 atom stereocenters. The van der Waals surface area contributed by atoms with Crippen LogP contribution >= 0.6 is 0 Å². The molecule has 0 saturated heterocycles. The number of benzene rings is 8. The third-order valence-corrected chi connectivity index (χ3v) is 9.45. The number of oxazole rings is 1. The highest BCUT2D eigenvalue weighted by atomic mass is 16.4. The SMILES string of the molecule is c1ccc(-c2cccc(N(c3ccc4c(c3)oc3ccc5oc(-c6ccccc6)nc5c34)c3cc4ccccc4c4ccccc34)c2)cc1. The Balaban J connectivity index is 1.21. The molecule has 0 fully saturated rings. The zero-order valence-electron chi connectivity index (χ0n) is 26.4. The van der Waals surface area contributed by atoms with Gasteiger partial charge in [0.05, 0.1) is 11.1 Å². The van der Waals surface area contributed by atoms with Crippen LogP contribution in [0.3, 0.4) is 0 Å². The second-order valence-corrected chi connectivity index (χ2v) is 12.4. The molecule has 0 spiro atoms. The average Bonchev–Trinajstić information content (AvgIpc) is 3.77. The van der Waals surface area contributed by atoms with Crippen LogP contribution in [-0.4, -0.2) is 4.98 Å². The van der Waals surface area contributed by atoms with Crippen LogP contribution in [0.1, 0.15) is 0 Å². The molecular formula is C45H28N2O2. The highest BCUT2D eigenvalue weighted by Gasteiger charge is 2.21. The molecule has 0 radical (unpaired) electrons. The number of rotatable bonds is 5. The molecule has 0 aliphatic carbocycles. The van der Waals surface area contributed by atoms with Gasteiger partial charge in [0.25, 0.3) is 0 Å². The topological polar surface area (TPSA) is 42.4 Å². The van der Waals surface area contributed by atoms with Gasteiger partial charge in [-0.25, -0.2) is 4.98 Å². The summed E-state index contributed by atoms with van der Waals surface area (Å²) in [7, 11) is 0. The molecule has 230 valence electrons. The summed E-state index contributed by atoms with van der Waals surface area (Å²) in [6.07, 6.45) is 0. The molecule has 8 aromatic carbocycles. The van der Waals surface area contributed by atoms with Gasteiger partial charge in [-0.05, 0) is 81.9 Å². The Morgan fingerprint density at radius 2 is 1.08 bits per heavy atom. The number of nitrogens with zero attached hydrogens (tertiary/aromatic N) is 2. The molecular weight excluding hydrogens is 601 g/mol. The van der Waals surface area contributed by atoms with Gasteiger partial charge in [0.15, 0.2) is 5.58 Å². The zero-order valence-corrected chi connectivity index (χ0v) is 26.4. The van der Waals surface area contributed by atoms with Crippen LogP contribution in [0.15, 0.2) is 179 Å². The summed E-state index contributed by atoms with van der Waals surface area (Å²) in [6.45, 7) is 0. The molecule has 0 aliphatic rings. The van der Waals surface area contributed by atoms with Crippen molar-refractivity contribution >= 4 is 71.6 Å². The van der Waals surface area contributed by atoms with Crippen molar-refractivity contribution in [1.82, 2.24) is 4.98 Å². The average molecular weight is 629 g/mol. The van der Waals surface area contributed by atoms with Crippen LogP contribution in [-0.2, 0) is 0 Å². The molecule has 4 nitrogen and oxygen atoms in total. The van der Waals surface area contributed by atoms with Gasteiger partial charge in [0.1, 0.15) is 16.7 Å². The maximum absolute atomic E-state index is 6.58. The Morgan fingerprint density at radius 3 is 1.92 bits per heavy atom. The molecule has 0 bridgehead atoms. The second kappa shape index (κ2) is 11.0. The van der Waals surface area contributed by atoms with E-state index < -0.39 is 0 Å². The second-order valence-electron chi connectivity index (χ2n) is 12.4. The van der Waals surface area contributed by atoms with Crippen molar-refractivity contribution in [2.24, 2.45) is 0 Å². The Morgan fingerprint density at radius 1 is 0.408 bits per heavy atom. The number of hydrogen-bond acceptors (Lipinski definition) is 4. The van der Waals surface area contributed by atoms with Crippen molar-refractivity contribution in [1.29, 1.82) is 0 Å². The van der Waals surface area contributed by atoms with E-state index in [1.807, 2.05) is 42.5 Å². The van der Waals surface area contributed by atoms with Crippen LogP contribution < -0.4 is 4.90 Å². The van der Waals surface area contributed by atoms with Crippen molar-refractivity contribution < 1.29 is 8.83 Å². The number of furan rings is 1. The van der Waals surface area contributed by atoms with Crippen molar-refractivity contribution in [2.75, 3.05) is 4.90 Å². The van der Waals surface area contributed by atoms with Crippen molar-refractivity contribution in [3.8, 4) is 22.6 Å². The summed E-state index contributed by atoms with van der Waals surface area (Å²) >= 11 is 0. The van der Waals surface area contributed by atoms with E-state index in [1.165, 1.54) is 27.1 Å². The van der Waals surface area contributed by atoms with E-state index in [-0.39, 0.29) is 0 Å². The van der Waals surface area contributed by atoms with Gasteiger partial charge in [-0.1, -0.05) is 109 Å². The predicted octanol–water partition coefficient (Wildman–Crippen LogP) is 12.8. The Hall–Kier alpha value is -6.65. The first-order chi connectivity index (χ1) is 24.3. The van der Waals surface area contributed by atoms with Crippen molar-refractivity contribution in [3.05, 3.63) is 170 Å². The van der Waals surface area contributed by atoms with Gasteiger partial charge >= 0.3 is 0 Å². The fourth-order valence-electron chi connectivity index (χ4n) is 7.19. The summed E-state index contributed by atoms with van der Waals surface area (Å²) in [5, 5.41) is 6.77. The van der Waals surface area contributed by atoms with Crippen molar-refractivity contribution in [2.45, 2.75) is 0 Å². The molecule has 0 amide bonds. The number of hydrogen-bond donors (Lipinski definition) is 0. The Kier molecular flexibility index (Phi) is 6.15. The lowest BCUT2D eigenvalue weighted by atomic mass is 9.98. The molecule has 10 aromatic rings. The van der Waals surface area contributed by atoms with Gasteiger partial charge in [-0.15, -0.1) is 0 Å². The van der Waals surface area contributed by atoms with Crippen molar-refractivity contribution in [3.63, 3.8) is 0 Å². The van der Waals surface area contributed by atoms with Gasteiger partial charge in [0.2, 0.25) is 5.89 Å². The fraction of sp³-hybridized carbons (Fsp3) is 0. The van der Waals surface area contributed by atoms with Gasteiger partial charge in [0, 0.05) is 33.8 Å². The maximum Gasteiger partial charge on any atom is 0.227 e. The first-order valence-electron chi connectivity index (χ1n) is 16.5. The molecule has 4 heteroatoms. The van der Waals surface area contributed by atoms with E-state index in [0.717, 1.165) is 61.2 Å². The van der Waals surface area contributed by atoms with Crippen LogP contribution in [0.4, 0.5) is 17.1 Å². The van der Waals surface area contributed by atoms with Crippen LogP contribution in [0, 0.1) is 0 Å². The number of anilines is 3. The first kappa shape index (κ1) is 27.5. The third kappa shape index (κ3) is 4.49. The molecule has 2 aromatic heterocycles. The van der Waals surface area contributed by atoms with E-state index in [2.05, 4.69) is 132 Å². The lowest BCUT2D eigenvalue weighted by molar-refractivity contribution is 0.619. The van der Waals surface area contributed by atoms with Gasteiger partial charge in [-0.2, -0.15) is 0 Å². The summed E-state index contributed by atoms with van der Waals surface area (Å²) in [5.41, 5.74) is 9.53. The normalized spacial score (nSPS) is 11.7. The quantitative estimate of drug-likeness (QED) is 0.178. The maximum atomic E-state index is 6.58. The minimum absolute atomic E-state index is 0.599. The monoisotopic (exact) mass is 628 g/mol. The van der Waals surface area contributed by atoms with E-state index in [4.69, 9.17) is 13.8 Å². The van der Waals surface area contributed by atoms with E-state index in [9.17, 15) is 0 Å². The summed E-state index contributed by atoms with van der Waals surface area (Å²) in [6, 6.07) is 59.3. The molecule has 0 N–H and O–H groups in total. The largest absolute Gasteiger partial charge is 0.456 e. The number of fused-ring (bicyclic) bond motifs is 8. The third-order valence-electron chi connectivity index (χ3n) is 9.45. The minimum atomic E-state index is 0.599. The molecule has 10 rings (SSSR count). The molecule has 2 heterocycles. The minimum Gasteiger partial charge on any atom is -0.456 e. The number of aromatic nitrogens is 1. The van der Waals surface area contributed by atoms with E-state index >= 15 is 0 Å². The van der Waals surface area contributed by atoms with Crippen LogP contribution in [0.25, 0.3) is 77.2 Å². The Labute approximate surface area is 282 Å². The Bertz CT molecular complexity index is 2830. The first-order valence-corrected chi connectivity index (χ1v) is 16.5. The van der Waals surface area contributed by atoms with Crippen LogP contribution in [0.2, 0.25) is 0 Å². The molecule has 49 heavy (non-hydrogen) atoms. The predicted molar refractivity (Wildman–Crippen MR) is 202 cm³/mol. The lowest BCUT2D eigenvalue weighted by Crippen LogP contribution is -2.10. The summed E-state index contributed by atoms with van der Waals surface area (Å²) in [5.74, 6) is 0.599. The van der Waals surface area contributed by atoms with Gasteiger partial charge in [-0.3, -0.25) is 0 Å². The van der Waals surface area contributed by atoms with E-state index in [0.29, 0.717) is 5.89 Å². The van der Waals surface area contributed by atoms with E-state index in [1.54, 1.807) is 0 Å².